The minimum Gasteiger partial charge on any atom is -0.327 e. The maximum absolute atomic E-state index is 12.6. The van der Waals surface area contributed by atoms with Crippen molar-refractivity contribution in [3.63, 3.8) is 0 Å². The minimum absolute atomic E-state index is 0.0763. The molecule has 2 rings (SSSR count). The Morgan fingerprint density at radius 2 is 2.05 bits per heavy atom. The monoisotopic (exact) mass is 293 g/mol. The van der Waals surface area contributed by atoms with Crippen LogP contribution in [0.5, 0.6) is 0 Å². The molecule has 108 valence electrons. The molecule has 0 amide bonds. The summed E-state index contributed by atoms with van der Waals surface area (Å²) in [5, 5.41) is 8.75. The average Bonchev–Trinajstić information content (AvgIpc) is 2.47. The topological polar surface area (TPSA) is 87.2 Å². The normalized spacial score (nSPS) is 24.2. The predicted octanol–water partition coefficient (Wildman–Crippen LogP) is 1.31. The minimum atomic E-state index is -3.49. The van der Waals surface area contributed by atoms with Crippen LogP contribution in [0.4, 0.5) is 0 Å². The highest BCUT2D eigenvalue weighted by atomic mass is 32.2. The van der Waals surface area contributed by atoms with Crippen LogP contribution in [0.1, 0.15) is 25.3 Å². The van der Waals surface area contributed by atoms with Crippen LogP contribution in [-0.4, -0.2) is 31.9 Å². The van der Waals surface area contributed by atoms with Crippen LogP contribution in [0.2, 0.25) is 0 Å². The summed E-state index contributed by atoms with van der Waals surface area (Å²) in [6.07, 6.45) is 1.56. The Balaban J connectivity index is 2.23. The summed E-state index contributed by atoms with van der Waals surface area (Å²) in [4.78, 5) is 0.238. The average molecular weight is 293 g/mol. The van der Waals surface area contributed by atoms with E-state index in [1.807, 2.05) is 13.0 Å². The first-order chi connectivity index (χ1) is 9.48. The van der Waals surface area contributed by atoms with Crippen molar-refractivity contribution in [2.45, 2.75) is 30.7 Å². The summed E-state index contributed by atoms with van der Waals surface area (Å²) in [5.41, 5.74) is 6.47. The van der Waals surface area contributed by atoms with E-state index in [4.69, 9.17) is 11.0 Å². The fraction of sp³-hybridized carbons (Fsp3) is 0.500. The van der Waals surface area contributed by atoms with Crippen molar-refractivity contribution < 1.29 is 8.42 Å². The van der Waals surface area contributed by atoms with Crippen LogP contribution in [0.25, 0.3) is 0 Å². The van der Waals surface area contributed by atoms with Crippen molar-refractivity contribution in [3.8, 4) is 6.07 Å². The Hall–Kier alpha value is -1.42. The number of rotatable bonds is 3. The van der Waals surface area contributed by atoms with Crippen molar-refractivity contribution in [3.05, 3.63) is 29.8 Å². The van der Waals surface area contributed by atoms with Crippen molar-refractivity contribution in [2.24, 2.45) is 11.7 Å². The summed E-state index contributed by atoms with van der Waals surface area (Å²) in [7, 11) is -3.49. The van der Waals surface area contributed by atoms with E-state index in [1.165, 1.54) is 28.6 Å². The second-order valence-electron chi connectivity index (χ2n) is 5.12. The first kappa shape index (κ1) is 15.0. The Morgan fingerprint density at radius 3 is 2.60 bits per heavy atom. The van der Waals surface area contributed by atoms with Gasteiger partial charge in [0.05, 0.1) is 16.5 Å². The third kappa shape index (κ3) is 2.85. The van der Waals surface area contributed by atoms with Gasteiger partial charge in [-0.25, -0.2) is 8.42 Å². The summed E-state index contributed by atoms with van der Waals surface area (Å²) < 4.78 is 26.6. The van der Waals surface area contributed by atoms with E-state index in [0.29, 0.717) is 25.1 Å². The predicted molar refractivity (Wildman–Crippen MR) is 76.3 cm³/mol. The second kappa shape index (κ2) is 5.92. The lowest BCUT2D eigenvalue weighted by atomic mass is 9.92. The van der Waals surface area contributed by atoms with E-state index in [1.54, 1.807) is 0 Å². The molecule has 1 aromatic carbocycles. The number of nitriles is 1. The zero-order valence-corrected chi connectivity index (χ0v) is 12.3. The number of sulfonamides is 1. The molecule has 1 aliphatic rings. The fourth-order valence-corrected chi connectivity index (χ4v) is 4.03. The van der Waals surface area contributed by atoms with Gasteiger partial charge in [0.25, 0.3) is 0 Å². The maximum Gasteiger partial charge on any atom is 0.243 e. The van der Waals surface area contributed by atoms with Crippen molar-refractivity contribution >= 4 is 10.0 Å². The molecule has 1 aliphatic heterocycles. The first-order valence-corrected chi connectivity index (χ1v) is 8.19. The standard InChI is InChI=1S/C14H19N3O2S/c1-2-12-10-17(8-7-14(12)16)20(18,19)13-5-3-11(9-15)4-6-13/h3-6,12,14H,2,7-8,10,16H2,1H3. The molecular formula is C14H19N3O2S. The number of nitrogens with two attached hydrogens (primary N) is 1. The van der Waals surface area contributed by atoms with E-state index in [-0.39, 0.29) is 16.9 Å². The van der Waals surface area contributed by atoms with E-state index >= 15 is 0 Å². The third-order valence-corrected chi connectivity index (χ3v) is 5.78. The molecule has 0 aromatic heterocycles. The second-order valence-corrected chi connectivity index (χ2v) is 7.06. The lowest BCUT2D eigenvalue weighted by Gasteiger charge is -2.35. The molecule has 0 bridgehead atoms. The van der Waals surface area contributed by atoms with E-state index < -0.39 is 10.0 Å². The molecule has 1 fully saturated rings. The van der Waals surface area contributed by atoms with Gasteiger partial charge in [0.1, 0.15) is 0 Å². The maximum atomic E-state index is 12.6. The summed E-state index contributed by atoms with van der Waals surface area (Å²) in [6.45, 7) is 2.96. The van der Waals surface area contributed by atoms with Gasteiger partial charge in [0, 0.05) is 19.1 Å². The van der Waals surface area contributed by atoms with Gasteiger partial charge >= 0.3 is 0 Å². The molecule has 1 heterocycles. The smallest absolute Gasteiger partial charge is 0.243 e. The molecule has 6 heteroatoms. The van der Waals surface area contributed by atoms with Crippen LogP contribution < -0.4 is 5.73 Å². The quantitative estimate of drug-likeness (QED) is 0.910. The lowest BCUT2D eigenvalue weighted by Crippen LogP contribution is -2.48. The van der Waals surface area contributed by atoms with Crippen LogP contribution in [0.3, 0.4) is 0 Å². The summed E-state index contributed by atoms with van der Waals surface area (Å²) in [5.74, 6) is 0.205. The van der Waals surface area contributed by atoms with Crippen LogP contribution in [0.15, 0.2) is 29.2 Å². The molecule has 0 saturated carbocycles. The van der Waals surface area contributed by atoms with Crippen molar-refractivity contribution in [1.29, 1.82) is 5.26 Å². The van der Waals surface area contributed by atoms with Gasteiger partial charge < -0.3 is 5.73 Å². The van der Waals surface area contributed by atoms with E-state index in [0.717, 1.165) is 6.42 Å². The number of hydrogen-bond acceptors (Lipinski definition) is 4. The van der Waals surface area contributed by atoms with Gasteiger partial charge in [-0.2, -0.15) is 9.57 Å². The van der Waals surface area contributed by atoms with Crippen LogP contribution in [-0.2, 0) is 10.0 Å². The Kier molecular flexibility index (Phi) is 4.43. The molecule has 1 aromatic rings. The van der Waals surface area contributed by atoms with E-state index in [2.05, 4.69) is 0 Å². The molecule has 0 radical (unpaired) electrons. The summed E-state index contributed by atoms with van der Waals surface area (Å²) in [6, 6.07) is 8.09. The fourth-order valence-electron chi connectivity index (χ4n) is 2.52. The van der Waals surface area contributed by atoms with Gasteiger partial charge in [-0.3, -0.25) is 0 Å². The molecule has 2 N–H and O–H groups in total. The van der Waals surface area contributed by atoms with Crippen LogP contribution in [0, 0.1) is 17.2 Å². The number of benzene rings is 1. The zero-order valence-electron chi connectivity index (χ0n) is 11.5. The number of hydrogen-bond donors (Lipinski definition) is 1. The number of piperidine rings is 1. The summed E-state index contributed by atoms with van der Waals surface area (Å²) >= 11 is 0. The van der Waals surface area contributed by atoms with Gasteiger partial charge in [-0.15, -0.1) is 0 Å². The van der Waals surface area contributed by atoms with E-state index in [9.17, 15) is 8.42 Å². The van der Waals surface area contributed by atoms with Crippen molar-refractivity contribution in [1.82, 2.24) is 4.31 Å². The largest absolute Gasteiger partial charge is 0.327 e. The Labute approximate surface area is 120 Å². The molecule has 1 saturated heterocycles. The molecule has 20 heavy (non-hydrogen) atoms. The molecule has 0 aliphatic carbocycles. The van der Waals surface area contributed by atoms with Gasteiger partial charge in [0.2, 0.25) is 10.0 Å². The van der Waals surface area contributed by atoms with Gasteiger partial charge in [0.15, 0.2) is 0 Å². The lowest BCUT2D eigenvalue weighted by molar-refractivity contribution is 0.230. The molecular weight excluding hydrogens is 274 g/mol. The van der Waals surface area contributed by atoms with Crippen LogP contribution >= 0.6 is 0 Å². The highest BCUT2D eigenvalue weighted by Crippen LogP contribution is 2.24. The molecule has 5 nitrogen and oxygen atoms in total. The molecule has 0 spiro atoms. The highest BCUT2D eigenvalue weighted by molar-refractivity contribution is 7.89. The highest BCUT2D eigenvalue weighted by Gasteiger charge is 2.33. The van der Waals surface area contributed by atoms with Gasteiger partial charge in [-0.1, -0.05) is 13.3 Å². The third-order valence-electron chi connectivity index (χ3n) is 3.90. The Morgan fingerprint density at radius 1 is 1.40 bits per heavy atom. The molecule has 2 unspecified atom stereocenters. The number of nitrogens with zero attached hydrogens (tertiary/aromatic N) is 2. The zero-order chi connectivity index (χ0) is 14.8. The molecule has 2 atom stereocenters. The first-order valence-electron chi connectivity index (χ1n) is 6.75. The van der Waals surface area contributed by atoms with Crippen molar-refractivity contribution in [2.75, 3.05) is 13.1 Å². The Bertz CT molecular complexity index is 604. The van der Waals surface area contributed by atoms with Gasteiger partial charge in [-0.05, 0) is 36.6 Å². The SMILES string of the molecule is CCC1CN(S(=O)(=O)c2ccc(C#N)cc2)CCC1N.